The smallest absolute Gasteiger partial charge is 0.269 e. The Morgan fingerprint density at radius 3 is 2.38 bits per heavy atom. The van der Waals surface area contributed by atoms with Gasteiger partial charge in [0.15, 0.2) is 0 Å². The summed E-state index contributed by atoms with van der Waals surface area (Å²) in [6, 6.07) is 22.0. The number of para-hydroxylation sites is 1. The number of nitro groups is 1. The van der Waals surface area contributed by atoms with E-state index in [1.165, 1.54) is 12.1 Å². The van der Waals surface area contributed by atoms with Crippen LogP contribution in [0.2, 0.25) is 0 Å². The Balaban J connectivity index is 1.97. The number of aromatic nitrogens is 2. The van der Waals surface area contributed by atoms with Gasteiger partial charge in [-0.1, -0.05) is 18.2 Å². The van der Waals surface area contributed by atoms with Gasteiger partial charge in [0.1, 0.15) is 11.6 Å². The highest BCUT2D eigenvalue weighted by Gasteiger charge is 2.16. The molecule has 6 heteroatoms. The van der Waals surface area contributed by atoms with E-state index in [4.69, 9.17) is 9.72 Å². The van der Waals surface area contributed by atoms with Crippen molar-refractivity contribution in [2.45, 2.75) is 0 Å². The van der Waals surface area contributed by atoms with Crippen LogP contribution < -0.4 is 4.74 Å². The molecular formula is C20H15N3O3. The zero-order valence-electron chi connectivity index (χ0n) is 14.0. The van der Waals surface area contributed by atoms with Crippen LogP contribution in [0, 0.1) is 10.1 Å². The predicted molar refractivity (Wildman–Crippen MR) is 99.7 cm³/mol. The molecule has 26 heavy (non-hydrogen) atoms. The molecule has 0 spiro atoms. The van der Waals surface area contributed by atoms with Crippen LogP contribution in [0.1, 0.15) is 0 Å². The van der Waals surface area contributed by atoms with Gasteiger partial charge < -0.3 is 4.74 Å². The number of rotatable bonds is 4. The largest absolute Gasteiger partial charge is 0.497 e. The van der Waals surface area contributed by atoms with Crippen LogP contribution in [0.4, 0.5) is 5.69 Å². The van der Waals surface area contributed by atoms with Crippen LogP contribution in [0.15, 0.2) is 72.8 Å². The third-order valence-corrected chi connectivity index (χ3v) is 4.21. The van der Waals surface area contributed by atoms with Crippen LogP contribution in [0.25, 0.3) is 28.1 Å². The van der Waals surface area contributed by atoms with Gasteiger partial charge in [0.25, 0.3) is 5.69 Å². The molecule has 3 aromatic carbocycles. The molecule has 0 amide bonds. The van der Waals surface area contributed by atoms with Crippen molar-refractivity contribution in [1.29, 1.82) is 0 Å². The summed E-state index contributed by atoms with van der Waals surface area (Å²) in [4.78, 5) is 15.3. The topological polar surface area (TPSA) is 70.2 Å². The first-order chi connectivity index (χ1) is 12.7. The summed E-state index contributed by atoms with van der Waals surface area (Å²) in [6.45, 7) is 0. The molecule has 1 heterocycles. The van der Waals surface area contributed by atoms with Crippen molar-refractivity contribution in [2.75, 3.05) is 7.11 Å². The number of fused-ring (bicyclic) bond motifs is 1. The lowest BCUT2D eigenvalue weighted by Gasteiger charge is -2.10. The first-order valence-corrected chi connectivity index (χ1v) is 8.04. The molecule has 0 saturated carbocycles. The molecule has 0 saturated heterocycles. The van der Waals surface area contributed by atoms with Crippen molar-refractivity contribution in [3.63, 3.8) is 0 Å². The van der Waals surface area contributed by atoms with Gasteiger partial charge in [0.05, 0.1) is 23.1 Å². The second-order valence-corrected chi connectivity index (χ2v) is 5.76. The van der Waals surface area contributed by atoms with E-state index in [2.05, 4.69) is 0 Å². The summed E-state index contributed by atoms with van der Waals surface area (Å²) in [5, 5.41) is 10.9. The molecule has 128 valence electrons. The third kappa shape index (κ3) is 2.67. The molecule has 1 aromatic heterocycles. The normalized spacial score (nSPS) is 10.8. The Morgan fingerprint density at radius 1 is 1.00 bits per heavy atom. The van der Waals surface area contributed by atoms with Crippen LogP contribution in [-0.4, -0.2) is 21.6 Å². The average Bonchev–Trinajstić information content (AvgIpc) is 3.07. The van der Waals surface area contributed by atoms with Crippen molar-refractivity contribution in [1.82, 2.24) is 9.55 Å². The van der Waals surface area contributed by atoms with Gasteiger partial charge in [-0.05, 0) is 36.4 Å². The number of methoxy groups -OCH3 is 1. The van der Waals surface area contributed by atoms with Gasteiger partial charge in [-0.3, -0.25) is 14.7 Å². The lowest BCUT2D eigenvalue weighted by molar-refractivity contribution is -0.384. The number of hydrogen-bond donors (Lipinski definition) is 0. The van der Waals surface area contributed by atoms with Crippen molar-refractivity contribution < 1.29 is 9.66 Å². The second-order valence-electron chi connectivity index (χ2n) is 5.76. The van der Waals surface area contributed by atoms with Crippen LogP contribution >= 0.6 is 0 Å². The Hall–Kier alpha value is -3.67. The van der Waals surface area contributed by atoms with E-state index in [1.807, 2.05) is 53.1 Å². The summed E-state index contributed by atoms with van der Waals surface area (Å²) in [5.74, 6) is 1.46. The quantitative estimate of drug-likeness (QED) is 0.400. The van der Waals surface area contributed by atoms with Crippen LogP contribution in [0.5, 0.6) is 5.75 Å². The van der Waals surface area contributed by atoms with Crippen molar-refractivity contribution in [3.8, 4) is 22.8 Å². The first-order valence-electron chi connectivity index (χ1n) is 8.04. The predicted octanol–water partition coefficient (Wildman–Crippen LogP) is 4.61. The molecule has 0 aliphatic rings. The first kappa shape index (κ1) is 15.8. The minimum absolute atomic E-state index is 0.0535. The monoisotopic (exact) mass is 345 g/mol. The molecule has 0 radical (unpaired) electrons. The van der Waals surface area contributed by atoms with Crippen molar-refractivity contribution >= 4 is 16.7 Å². The fraction of sp³-hybridized carbons (Fsp3) is 0.0500. The molecule has 0 fully saturated rings. The van der Waals surface area contributed by atoms with E-state index < -0.39 is 4.92 Å². The highest BCUT2D eigenvalue weighted by Crippen LogP contribution is 2.31. The van der Waals surface area contributed by atoms with Gasteiger partial charge in [-0.25, -0.2) is 4.98 Å². The molecular weight excluding hydrogens is 330 g/mol. The van der Waals surface area contributed by atoms with E-state index >= 15 is 0 Å². The van der Waals surface area contributed by atoms with Crippen molar-refractivity contribution in [2.24, 2.45) is 0 Å². The van der Waals surface area contributed by atoms with E-state index in [9.17, 15) is 10.1 Å². The highest BCUT2D eigenvalue weighted by molar-refractivity contribution is 5.84. The number of non-ortho nitro benzene ring substituents is 1. The maximum atomic E-state index is 10.9. The minimum Gasteiger partial charge on any atom is -0.497 e. The zero-order valence-corrected chi connectivity index (χ0v) is 14.0. The van der Waals surface area contributed by atoms with Crippen LogP contribution in [-0.2, 0) is 0 Å². The zero-order chi connectivity index (χ0) is 18.1. The minimum atomic E-state index is -0.408. The Labute approximate surface area is 149 Å². The summed E-state index contributed by atoms with van der Waals surface area (Å²) >= 11 is 0. The Kier molecular flexibility index (Phi) is 3.85. The lowest BCUT2D eigenvalue weighted by Crippen LogP contribution is -1.97. The highest BCUT2D eigenvalue weighted by atomic mass is 16.6. The fourth-order valence-corrected chi connectivity index (χ4v) is 2.95. The number of hydrogen-bond acceptors (Lipinski definition) is 4. The fourth-order valence-electron chi connectivity index (χ4n) is 2.95. The summed E-state index contributed by atoms with van der Waals surface area (Å²) in [7, 11) is 1.63. The van der Waals surface area contributed by atoms with Gasteiger partial charge in [0.2, 0.25) is 0 Å². The molecule has 6 nitrogen and oxygen atoms in total. The Bertz CT molecular complexity index is 1090. The summed E-state index contributed by atoms with van der Waals surface area (Å²) in [6.07, 6.45) is 0. The number of ether oxygens (including phenoxy) is 1. The Morgan fingerprint density at radius 2 is 1.73 bits per heavy atom. The molecule has 0 atom stereocenters. The maximum absolute atomic E-state index is 10.9. The van der Waals surface area contributed by atoms with E-state index in [1.54, 1.807) is 19.2 Å². The summed E-state index contributed by atoms with van der Waals surface area (Å²) in [5.41, 5.74) is 3.54. The lowest BCUT2D eigenvalue weighted by atomic mass is 10.2. The molecule has 0 aliphatic heterocycles. The number of imidazole rings is 1. The number of nitro benzene ring substituents is 1. The van der Waals surface area contributed by atoms with Gasteiger partial charge >= 0.3 is 0 Å². The summed E-state index contributed by atoms with van der Waals surface area (Å²) < 4.78 is 7.38. The van der Waals surface area contributed by atoms with Gasteiger partial charge in [-0.2, -0.15) is 0 Å². The second kappa shape index (κ2) is 6.33. The third-order valence-electron chi connectivity index (χ3n) is 4.21. The van der Waals surface area contributed by atoms with Crippen LogP contribution in [0.3, 0.4) is 0 Å². The standard InChI is InChI=1S/C20H15N3O3/c1-26-17-11-12-18-19(13-17)22(15-5-3-2-4-6-15)20(21-18)14-7-9-16(10-8-14)23(24)25/h2-13H,1H3. The average molecular weight is 345 g/mol. The maximum Gasteiger partial charge on any atom is 0.269 e. The molecule has 4 rings (SSSR count). The molecule has 0 unspecified atom stereocenters. The molecule has 0 bridgehead atoms. The number of nitrogens with zero attached hydrogens (tertiary/aromatic N) is 3. The molecule has 0 N–H and O–H groups in total. The van der Waals surface area contributed by atoms with Gasteiger partial charge in [-0.15, -0.1) is 0 Å². The number of benzene rings is 3. The molecule has 0 aliphatic carbocycles. The van der Waals surface area contributed by atoms with E-state index in [0.29, 0.717) is 5.82 Å². The van der Waals surface area contributed by atoms with E-state index in [0.717, 1.165) is 28.0 Å². The molecule has 4 aromatic rings. The van der Waals surface area contributed by atoms with E-state index in [-0.39, 0.29) is 5.69 Å². The van der Waals surface area contributed by atoms with Gasteiger partial charge in [0, 0.05) is 29.4 Å². The van der Waals surface area contributed by atoms with Crippen molar-refractivity contribution in [3.05, 3.63) is 82.9 Å². The SMILES string of the molecule is COc1ccc2nc(-c3ccc([N+](=O)[O-])cc3)n(-c3ccccc3)c2c1.